The predicted molar refractivity (Wildman–Crippen MR) is 65.5 cm³/mol. The third-order valence-electron chi connectivity index (χ3n) is 3.53. The van der Waals surface area contributed by atoms with Crippen molar-refractivity contribution >= 4 is 5.69 Å². The molecule has 1 aliphatic rings. The van der Waals surface area contributed by atoms with Crippen LogP contribution in [0.15, 0.2) is 18.2 Å². The molecule has 106 valence electrons. The van der Waals surface area contributed by atoms with Crippen molar-refractivity contribution in [1.82, 2.24) is 4.90 Å². The molecule has 0 amide bonds. The number of rotatable bonds is 2. The monoisotopic (exact) mass is 276 g/mol. The average Bonchev–Trinajstić information content (AvgIpc) is 2.59. The highest BCUT2D eigenvalue weighted by Crippen LogP contribution is 2.33. The molecule has 0 spiro atoms. The number of hydrogen-bond acceptors (Lipinski definition) is 2. The van der Waals surface area contributed by atoms with E-state index in [1.165, 1.54) is 6.07 Å². The van der Waals surface area contributed by atoms with Crippen LogP contribution < -0.4 is 5.32 Å². The van der Waals surface area contributed by atoms with E-state index in [-0.39, 0.29) is 6.04 Å². The number of halogens is 4. The van der Waals surface area contributed by atoms with Crippen molar-refractivity contribution in [3.8, 4) is 0 Å². The summed E-state index contributed by atoms with van der Waals surface area (Å²) in [6.07, 6.45) is -3.81. The smallest absolute Gasteiger partial charge is 0.381 e. The van der Waals surface area contributed by atoms with E-state index in [4.69, 9.17) is 0 Å². The highest BCUT2D eigenvalue weighted by atomic mass is 19.4. The molecule has 1 heterocycles. The van der Waals surface area contributed by atoms with Gasteiger partial charge >= 0.3 is 6.18 Å². The minimum Gasteiger partial charge on any atom is -0.381 e. The molecular weight excluding hydrogens is 260 g/mol. The maximum Gasteiger partial charge on any atom is 0.419 e. The lowest BCUT2D eigenvalue weighted by Crippen LogP contribution is -2.25. The van der Waals surface area contributed by atoms with Crippen LogP contribution in [0.1, 0.15) is 18.9 Å². The maximum atomic E-state index is 13.1. The molecule has 19 heavy (non-hydrogen) atoms. The van der Waals surface area contributed by atoms with Crippen LogP contribution in [-0.4, -0.2) is 30.6 Å². The molecule has 1 aromatic rings. The first-order chi connectivity index (χ1) is 8.77. The molecule has 1 saturated heterocycles. The van der Waals surface area contributed by atoms with Gasteiger partial charge in [-0.3, -0.25) is 0 Å². The molecule has 1 aromatic carbocycles. The van der Waals surface area contributed by atoms with Gasteiger partial charge in [0.05, 0.1) is 5.56 Å². The lowest BCUT2D eigenvalue weighted by molar-refractivity contribution is -0.139. The van der Waals surface area contributed by atoms with Gasteiger partial charge < -0.3 is 10.2 Å². The summed E-state index contributed by atoms with van der Waals surface area (Å²) in [5.74, 6) is -1.24. The third kappa shape index (κ3) is 3.18. The first-order valence-electron chi connectivity index (χ1n) is 6.11. The van der Waals surface area contributed by atoms with Crippen molar-refractivity contribution in [3.63, 3.8) is 0 Å². The van der Waals surface area contributed by atoms with Crippen LogP contribution in [-0.2, 0) is 6.18 Å². The Bertz CT molecular complexity index is 448. The fraction of sp³-hybridized carbons (Fsp3) is 0.538. The zero-order valence-corrected chi connectivity index (χ0v) is 10.8. The van der Waals surface area contributed by atoms with E-state index in [1.54, 1.807) is 0 Å². The highest BCUT2D eigenvalue weighted by Gasteiger charge is 2.34. The Hall–Kier alpha value is -1.30. The number of likely N-dealkylation sites (tertiary alicyclic amines) is 1. The molecule has 1 aliphatic heterocycles. The van der Waals surface area contributed by atoms with Crippen LogP contribution in [0.5, 0.6) is 0 Å². The zero-order chi connectivity index (χ0) is 14.2. The zero-order valence-electron chi connectivity index (χ0n) is 10.8. The normalized spacial score (nSPS) is 24.7. The van der Waals surface area contributed by atoms with E-state index in [0.717, 1.165) is 25.1 Å². The van der Waals surface area contributed by atoms with Gasteiger partial charge in [0.25, 0.3) is 0 Å². The quantitative estimate of drug-likeness (QED) is 0.833. The van der Waals surface area contributed by atoms with E-state index < -0.39 is 17.6 Å². The topological polar surface area (TPSA) is 15.3 Å². The van der Waals surface area contributed by atoms with E-state index in [2.05, 4.69) is 17.1 Å². The molecule has 2 atom stereocenters. The second-order valence-electron chi connectivity index (χ2n) is 5.06. The molecule has 1 fully saturated rings. The summed E-state index contributed by atoms with van der Waals surface area (Å²) in [6, 6.07) is 3.51. The van der Waals surface area contributed by atoms with Gasteiger partial charge in [-0.25, -0.2) is 4.39 Å². The van der Waals surface area contributed by atoms with E-state index in [0.29, 0.717) is 11.7 Å². The Morgan fingerprint density at radius 1 is 1.32 bits per heavy atom. The van der Waals surface area contributed by atoms with Gasteiger partial charge in [0.1, 0.15) is 5.82 Å². The Morgan fingerprint density at radius 2 is 2.00 bits per heavy atom. The van der Waals surface area contributed by atoms with Crippen LogP contribution in [0.4, 0.5) is 23.2 Å². The fourth-order valence-corrected chi connectivity index (χ4v) is 2.37. The summed E-state index contributed by atoms with van der Waals surface area (Å²) in [5.41, 5.74) is -0.918. The molecule has 0 radical (unpaired) electrons. The van der Waals surface area contributed by atoms with E-state index in [1.807, 2.05) is 7.05 Å². The van der Waals surface area contributed by atoms with E-state index >= 15 is 0 Å². The molecule has 2 nitrogen and oxygen atoms in total. The van der Waals surface area contributed by atoms with Gasteiger partial charge in [-0.05, 0) is 38.6 Å². The summed E-state index contributed by atoms with van der Waals surface area (Å²) in [4.78, 5) is 2.13. The maximum absolute atomic E-state index is 13.1. The van der Waals surface area contributed by atoms with Crippen LogP contribution in [0, 0.1) is 5.82 Å². The van der Waals surface area contributed by atoms with Crippen molar-refractivity contribution < 1.29 is 17.6 Å². The SMILES string of the molecule is CC1CC(Nc2ccc(F)c(C(F)(F)F)c2)CN1C. The second kappa shape index (κ2) is 5.00. The first-order valence-corrected chi connectivity index (χ1v) is 6.11. The standard InChI is InChI=1S/C13H16F4N2/c1-8-5-10(7-19(8)2)18-9-3-4-12(14)11(6-9)13(15,16)17/h3-4,6,8,10,18H,5,7H2,1-2H3. The van der Waals surface area contributed by atoms with Crippen molar-refractivity contribution in [3.05, 3.63) is 29.6 Å². The first kappa shape index (κ1) is 14.1. The van der Waals surface area contributed by atoms with Gasteiger partial charge in [-0.2, -0.15) is 13.2 Å². The molecule has 0 bridgehead atoms. The van der Waals surface area contributed by atoms with Crippen molar-refractivity contribution in [2.75, 3.05) is 18.9 Å². The molecule has 0 saturated carbocycles. The third-order valence-corrected chi connectivity index (χ3v) is 3.53. The van der Waals surface area contributed by atoms with Gasteiger partial charge in [-0.1, -0.05) is 0 Å². The van der Waals surface area contributed by atoms with Crippen molar-refractivity contribution in [2.45, 2.75) is 31.6 Å². The molecule has 1 N–H and O–H groups in total. The predicted octanol–water partition coefficient (Wildman–Crippen LogP) is 3.35. The number of nitrogens with one attached hydrogen (secondary N) is 1. The minimum atomic E-state index is -4.67. The van der Waals surface area contributed by atoms with E-state index in [9.17, 15) is 17.6 Å². The van der Waals surface area contributed by atoms with Crippen LogP contribution in [0.3, 0.4) is 0 Å². The van der Waals surface area contributed by atoms with Gasteiger partial charge in [0.15, 0.2) is 0 Å². The van der Waals surface area contributed by atoms with Crippen LogP contribution >= 0.6 is 0 Å². The van der Waals surface area contributed by atoms with Gasteiger partial charge in [-0.15, -0.1) is 0 Å². The highest BCUT2D eigenvalue weighted by molar-refractivity contribution is 5.48. The largest absolute Gasteiger partial charge is 0.419 e. The summed E-state index contributed by atoms with van der Waals surface area (Å²) < 4.78 is 50.9. The van der Waals surface area contributed by atoms with Crippen LogP contribution in [0.2, 0.25) is 0 Å². The fourth-order valence-electron chi connectivity index (χ4n) is 2.37. The molecule has 0 aromatic heterocycles. The molecular formula is C13H16F4N2. The summed E-state index contributed by atoms with van der Waals surface area (Å²) in [7, 11) is 1.97. The number of benzene rings is 1. The number of nitrogens with zero attached hydrogens (tertiary/aromatic N) is 1. The Balaban J connectivity index is 2.14. The Kier molecular flexibility index (Phi) is 3.71. The molecule has 0 aliphatic carbocycles. The lowest BCUT2D eigenvalue weighted by Gasteiger charge is -2.16. The second-order valence-corrected chi connectivity index (χ2v) is 5.06. The Labute approximate surface area is 109 Å². The lowest BCUT2D eigenvalue weighted by atomic mass is 10.1. The van der Waals surface area contributed by atoms with Gasteiger partial charge in [0.2, 0.25) is 0 Å². The Morgan fingerprint density at radius 3 is 2.53 bits per heavy atom. The van der Waals surface area contributed by atoms with Crippen molar-refractivity contribution in [1.29, 1.82) is 0 Å². The number of likely N-dealkylation sites (N-methyl/N-ethyl adjacent to an activating group) is 1. The number of anilines is 1. The summed E-state index contributed by atoms with van der Waals surface area (Å²) >= 11 is 0. The van der Waals surface area contributed by atoms with Gasteiger partial charge in [0, 0.05) is 24.3 Å². The number of hydrogen-bond donors (Lipinski definition) is 1. The molecule has 6 heteroatoms. The molecule has 2 unspecified atom stereocenters. The minimum absolute atomic E-state index is 0.0894. The summed E-state index contributed by atoms with van der Waals surface area (Å²) in [5, 5.41) is 3.03. The molecule has 2 rings (SSSR count). The number of alkyl halides is 3. The van der Waals surface area contributed by atoms with Crippen molar-refractivity contribution in [2.24, 2.45) is 0 Å². The van der Waals surface area contributed by atoms with Crippen LogP contribution in [0.25, 0.3) is 0 Å². The average molecular weight is 276 g/mol. The summed E-state index contributed by atoms with van der Waals surface area (Å²) in [6.45, 7) is 2.83.